The normalized spacial score (nSPS) is 11.5. The number of unbranched alkanes of at least 4 members (excludes halogenated alkanes) is 2. The standard InChI is InChI=1S/C14H23NO/c1-4-5-6-8-12-9-7-10-13(11-12)16-14(2,3)15/h7,9-11H,4-6,8,15H2,1-3H3. The van der Waals surface area contributed by atoms with Gasteiger partial charge in [-0.25, -0.2) is 0 Å². The second kappa shape index (κ2) is 5.90. The molecule has 0 aromatic heterocycles. The Balaban J connectivity index is 2.57. The number of benzene rings is 1. The molecule has 0 aliphatic rings. The third-order valence-electron chi connectivity index (χ3n) is 2.35. The van der Waals surface area contributed by atoms with E-state index in [0.29, 0.717) is 0 Å². The van der Waals surface area contributed by atoms with Crippen LogP contribution in [-0.2, 0) is 6.42 Å². The molecule has 0 aliphatic carbocycles. The summed E-state index contributed by atoms with van der Waals surface area (Å²) in [6, 6.07) is 8.22. The lowest BCUT2D eigenvalue weighted by atomic mass is 10.1. The molecule has 0 saturated carbocycles. The van der Waals surface area contributed by atoms with Gasteiger partial charge >= 0.3 is 0 Å². The van der Waals surface area contributed by atoms with Crippen molar-refractivity contribution in [3.05, 3.63) is 29.8 Å². The van der Waals surface area contributed by atoms with Crippen molar-refractivity contribution in [2.45, 2.75) is 52.2 Å². The minimum absolute atomic E-state index is 0.609. The maximum atomic E-state index is 5.82. The smallest absolute Gasteiger partial charge is 0.152 e. The number of hydrogen-bond acceptors (Lipinski definition) is 2. The summed E-state index contributed by atoms with van der Waals surface area (Å²) in [5.74, 6) is 0.862. The highest BCUT2D eigenvalue weighted by Gasteiger charge is 2.11. The average molecular weight is 221 g/mol. The highest BCUT2D eigenvalue weighted by Crippen LogP contribution is 2.18. The van der Waals surface area contributed by atoms with E-state index in [-0.39, 0.29) is 0 Å². The van der Waals surface area contributed by atoms with Crippen LogP contribution in [0.15, 0.2) is 24.3 Å². The monoisotopic (exact) mass is 221 g/mol. The summed E-state index contributed by atoms with van der Waals surface area (Å²) in [6.07, 6.45) is 4.90. The fraction of sp³-hybridized carbons (Fsp3) is 0.571. The zero-order valence-electron chi connectivity index (χ0n) is 10.6. The van der Waals surface area contributed by atoms with Crippen LogP contribution in [0.3, 0.4) is 0 Å². The van der Waals surface area contributed by atoms with E-state index >= 15 is 0 Å². The van der Waals surface area contributed by atoms with Gasteiger partial charge in [-0.15, -0.1) is 0 Å². The average Bonchev–Trinajstić information content (AvgIpc) is 2.16. The molecule has 0 fully saturated rings. The predicted molar refractivity (Wildman–Crippen MR) is 68.6 cm³/mol. The van der Waals surface area contributed by atoms with Gasteiger partial charge in [0, 0.05) is 0 Å². The first-order valence-corrected chi connectivity index (χ1v) is 6.08. The second-order valence-corrected chi connectivity index (χ2v) is 4.81. The molecular formula is C14H23NO. The molecule has 2 N–H and O–H groups in total. The molecule has 16 heavy (non-hydrogen) atoms. The molecule has 0 amide bonds. The van der Waals surface area contributed by atoms with Crippen molar-refractivity contribution >= 4 is 0 Å². The molecule has 1 aromatic carbocycles. The Morgan fingerprint density at radius 2 is 2.00 bits per heavy atom. The van der Waals surface area contributed by atoms with Crippen LogP contribution in [0.2, 0.25) is 0 Å². The Labute approximate surface area is 98.8 Å². The van der Waals surface area contributed by atoms with Crippen LogP contribution in [0.4, 0.5) is 0 Å². The SMILES string of the molecule is CCCCCc1cccc(OC(C)(C)N)c1. The number of hydrogen-bond donors (Lipinski definition) is 1. The third kappa shape index (κ3) is 5.17. The van der Waals surface area contributed by atoms with Crippen molar-refractivity contribution in [1.82, 2.24) is 0 Å². The van der Waals surface area contributed by atoms with E-state index in [9.17, 15) is 0 Å². The summed E-state index contributed by atoms with van der Waals surface area (Å²) in [5.41, 5.74) is 6.54. The lowest BCUT2D eigenvalue weighted by molar-refractivity contribution is 0.117. The summed E-state index contributed by atoms with van der Waals surface area (Å²) in [6.45, 7) is 5.93. The first-order valence-electron chi connectivity index (χ1n) is 6.08. The fourth-order valence-electron chi connectivity index (χ4n) is 1.65. The highest BCUT2D eigenvalue weighted by atomic mass is 16.5. The van der Waals surface area contributed by atoms with Gasteiger partial charge in [0.05, 0.1) is 0 Å². The van der Waals surface area contributed by atoms with Crippen molar-refractivity contribution in [3.63, 3.8) is 0 Å². The number of aryl methyl sites for hydroxylation is 1. The number of nitrogens with two attached hydrogens (primary N) is 1. The van der Waals surface area contributed by atoms with Gasteiger partial charge in [0.15, 0.2) is 5.72 Å². The molecule has 0 atom stereocenters. The molecule has 0 radical (unpaired) electrons. The van der Waals surface area contributed by atoms with E-state index < -0.39 is 5.72 Å². The van der Waals surface area contributed by atoms with Crippen molar-refractivity contribution in [3.8, 4) is 5.75 Å². The molecule has 0 saturated heterocycles. The molecule has 90 valence electrons. The van der Waals surface area contributed by atoms with Crippen LogP contribution >= 0.6 is 0 Å². The lowest BCUT2D eigenvalue weighted by Gasteiger charge is -2.21. The van der Waals surface area contributed by atoms with Crippen LogP contribution in [0, 0.1) is 0 Å². The van der Waals surface area contributed by atoms with E-state index in [0.717, 1.165) is 12.2 Å². The van der Waals surface area contributed by atoms with Gasteiger partial charge in [0.2, 0.25) is 0 Å². The Kier molecular flexibility index (Phi) is 4.81. The van der Waals surface area contributed by atoms with E-state index in [2.05, 4.69) is 19.1 Å². The van der Waals surface area contributed by atoms with Crippen molar-refractivity contribution < 1.29 is 4.74 Å². The van der Waals surface area contributed by atoms with Crippen molar-refractivity contribution in [2.24, 2.45) is 5.73 Å². The first kappa shape index (κ1) is 13.0. The van der Waals surface area contributed by atoms with Crippen LogP contribution in [0.25, 0.3) is 0 Å². The minimum Gasteiger partial charge on any atom is -0.474 e. The van der Waals surface area contributed by atoms with Crippen LogP contribution in [-0.4, -0.2) is 5.72 Å². The molecule has 0 unspecified atom stereocenters. The van der Waals surface area contributed by atoms with Gasteiger partial charge in [-0.2, -0.15) is 0 Å². The largest absolute Gasteiger partial charge is 0.474 e. The van der Waals surface area contributed by atoms with Crippen molar-refractivity contribution in [2.75, 3.05) is 0 Å². The number of ether oxygens (including phenoxy) is 1. The summed E-state index contributed by atoms with van der Waals surface area (Å²) in [7, 11) is 0. The minimum atomic E-state index is -0.609. The van der Waals surface area contributed by atoms with Gasteiger partial charge < -0.3 is 4.74 Å². The summed E-state index contributed by atoms with van der Waals surface area (Å²) < 4.78 is 5.63. The maximum Gasteiger partial charge on any atom is 0.152 e. The van der Waals surface area contributed by atoms with Crippen LogP contribution < -0.4 is 10.5 Å². The molecule has 0 spiro atoms. The van der Waals surface area contributed by atoms with Gasteiger partial charge in [-0.05, 0) is 44.4 Å². The maximum absolute atomic E-state index is 5.82. The quantitative estimate of drug-likeness (QED) is 0.589. The van der Waals surface area contributed by atoms with Crippen LogP contribution in [0.1, 0.15) is 45.6 Å². The fourth-order valence-corrected chi connectivity index (χ4v) is 1.65. The van der Waals surface area contributed by atoms with Crippen molar-refractivity contribution in [1.29, 1.82) is 0 Å². The van der Waals surface area contributed by atoms with Crippen LogP contribution in [0.5, 0.6) is 5.75 Å². The van der Waals surface area contributed by atoms with Gasteiger partial charge in [-0.1, -0.05) is 31.9 Å². The highest BCUT2D eigenvalue weighted by molar-refractivity contribution is 5.29. The molecule has 0 heterocycles. The summed E-state index contributed by atoms with van der Waals surface area (Å²) in [5, 5.41) is 0. The molecule has 0 bridgehead atoms. The van der Waals surface area contributed by atoms with E-state index in [1.54, 1.807) is 0 Å². The van der Waals surface area contributed by atoms with E-state index in [4.69, 9.17) is 10.5 Å². The Morgan fingerprint density at radius 1 is 1.25 bits per heavy atom. The van der Waals surface area contributed by atoms with E-state index in [1.807, 2.05) is 26.0 Å². The Morgan fingerprint density at radius 3 is 2.62 bits per heavy atom. The second-order valence-electron chi connectivity index (χ2n) is 4.81. The zero-order chi connectivity index (χ0) is 12.0. The molecule has 0 aliphatic heterocycles. The molecule has 2 nitrogen and oxygen atoms in total. The Bertz CT molecular complexity index is 315. The number of rotatable bonds is 6. The van der Waals surface area contributed by atoms with Gasteiger partial charge in [0.1, 0.15) is 5.75 Å². The van der Waals surface area contributed by atoms with E-state index in [1.165, 1.54) is 24.8 Å². The van der Waals surface area contributed by atoms with Gasteiger partial charge in [0.25, 0.3) is 0 Å². The van der Waals surface area contributed by atoms with Gasteiger partial charge in [-0.3, -0.25) is 5.73 Å². The predicted octanol–water partition coefficient (Wildman–Crippen LogP) is 3.49. The first-order chi connectivity index (χ1) is 7.51. The third-order valence-corrected chi connectivity index (χ3v) is 2.35. The Hall–Kier alpha value is -1.02. The molecule has 2 heteroatoms. The molecule has 1 rings (SSSR count). The molecular weight excluding hydrogens is 198 g/mol. The summed E-state index contributed by atoms with van der Waals surface area (Å²) in [4.78, 5) is 0. The zero-order valence-corrected chi connectivity index (χ0v) is 10.6. The topological polar surface area (TPSA) is 35.2 Å². The lowest BCUT2D eigenvalue weighted by Crippen LogP contribution is -2.38. The summed E-state index contributed by atoms with van der Waals surface area (Å²) >= 11 is 0. The molecule has 1 aromatic rings.